The molecule has 0 aliphatic rings. The molecule has 15 heavy (non-hydrogen) atoms. The van der Waals surface area contributed by atoms with Crippen LogP contribution in [-0.4, -0.2) is 12.6 Å². The minimum atomic E-state index is 0.395. The zero-order valence-corrected chi connectivity index (χ0v) is 8.49. The average molecular weight is 219 g/mol. The number of hydrogen-bond acceptors (Lipinski definition) is 2. The van der Waals surface area contributed by atoms with Gasteiger partial charge < -0.3 is 0 Å². The van der Waals surface area contributed by atoms with Crippen LogP contribution in [0.15, 0.2) is 30.3 Å². The summed E-state index contributed by atoms with van der Waals surface area (Å²) in [5.41, 5.74) is 0.986. The smallest absolute Gasteiger partial charge is 0.151 e. The third kappa shape index (κ3) is 1.64. The lowest BCUT2D eigenvalue weighted by molar-refractivity contribution is 0.111. The summed E-state index contributed by atoms with van der Waals surface area (Å²) in [5.74, 6) is 0. The molecule has 0 aliphatic carbocycles. The van der Waals surface area contributed by atoms with E-state index in [1.165, 1.54) is 0 Å². The summed E-state index contributed by atoms with van der Waals surface area (Å²) in [5, 5.41) is 2.04. The number of carbonyl (C=O) groups is 2. The van der Waals surface area contributed by atoms with E-state index in [-0.39, 0.29) is 0 Å². The number of aldehydes is 2. The highest BCUT2D eigenvalue weighted by Gasteiger charge is 2.05. The van der Waals surface area contributed by atoms with Crippen molar-refractivity contribution in [1.82, 2.24) is 0 Å². The van der Waals surface area contributed by atoms with Gasteiger partial charge in [0.2, 0.25) is 0 Å². The zero-order chi connectivity index (χ0) is 10.8. The maximum atomic E-state index is 10.7. The van der Waals surface area contributed by atoms with Crippen molar-refractivity contribution in [3.8, 4) is 0 Å². The Kier molecular flexibility index (Phi) is 2.52. The van der Waals surface area contributed by atoms with Crippen LogP contribution in [0.5, 0.6) is 0 Å². The number of halogens is 1. The Morgan fingerprint density at radius 1 is 1.00 bits per heavy atom. The predicted molar refractivity (Wildman–Crippen MR) is 59.7 cm³/mol. The van der Waals surface area contributed by atoms with Crippen LogP contribution < -0.4 is 0 Å². The Labute approximate surface area is 91.5 Å². The number of rotatable bonds is 2. The van der Waals surface area contributed by atoms with Crippen LogP contribution in [-0.2, 0) is 0 Å². The molecule has 0 aliphatic heterocycles. The monoisotopic (exact) mass is 218 g/mol. The van der Waals surface area contributed by atoms with Crippen molar-refractivity contribution >= 4 is 34.9 Å². The summed E-state index contributed by atoms with van der Waals surface area (Å²) in [4.78, 5) is 21.3. The molecule has 2 nitrogen and oxygen atoms in total. The van der Waals surface area contributed by atoms with Gasteiger partial charge in [0.05, 0.1) is 5.02 Å². The van der Waals surface area contributed by atoms with Crippen molar-refractivity contribution in [2.24, 2.45) is 0 Å². The lowest BCUT2D eigenvalue weighted by atomic mass is 10.0. The molecule has 0 atom stereocenters. The van der Waals surface area contributed by atoms with Gasteiger partial charge >= 0.3 is 0 Å². The molecule has 0 amide bonds. The van der Waals surface area contributed by atoms with Crippen LogP contribution in [0.4, 0.5) is 0 Å². The molecule has 0 fully saturated rings. The second-order valence-corrected chi connectivity index (χ2v) is 3.56. The van der Waals surface area contributed by atoms with E-state index in [1.54, 1.807) is 30.3 Å². The van der Waals surface area contributed by atoms with Crippen LogP contribution in [0.3, 0.4) is 0 Å². The maximum absolute atomic E-state index is 10.7. The number of carbonyl (C=O) groups excluding carboxylic acids is 2. The van der Waals surface area contributed by atoms with E-state index in [9.17, 15) is 9.59 Å². The molecule has 0 spiro atoms. The molecule has 0 N–H and O–H groups in total. The van der Waals surface area contributed by atoms with E-state index in [0.717, 1.165) is 17.1 Å². The van der Waals surface area contributed by atoms with Crippen LogP contribution in [0.25, 0.3) is 10.8 Å². The van der Waals surface area contributed by atoms with Gasteiger partial charge in [-0.1, -0.05) is 29.8 Å². The minimum absolute atomic E-state index is 0.395. The van der Waals surface area contributed by atoms with Crippen molar-refractivity contribution in [1.29, 1.82) is 0 Å². The van der Waals surface area contributed by atoms with Crippen LogP contribution in [0, 0.1) is 0 Å². The van der Waals surface area contributed by atoms with Crippen LogP contribution in [0.1, 0.15) is 20.7 Å². The van der Waals surface area contributed by atoms with Crippen molar-refractivity contribution in [3.63, 3.8) is 0 Å². The first kappa shape index (κ1) is 9.87. The molecule has 2 rings (SSSR count). The lowest BCUT2D eigenvalue weighted by Crippen LogP contribution is -1.86. The van der Waals surface area contributed by atoms with Crippen molar-refractivity contribution in [2.75, 3.05) is 0 Å². The molecular weight excluding hydrogens is 212 g/mol. The SMILES string of the molecule is O=Cc1ccc2ccc(C=O)c(Cl)c2c1. The molecule has 74 valence electrons. The lowest BCUT2D eigenvalue weighted by Gasteiger charge is -2.03. The summed E-state index contributed by atoms with van der Waals surface area (Å²) in [7, 11) is 0. The molecule has 0 heterocycles. The van der Waals surface area contributed by atoms with Gasteiger partial charge in [0.1, 0.15) is 6.29 Å². The topological polar surface area (TPSA) is 34.1 Å². The quantitative estimate of drug-likeness (QED) is 0.726. The third-order valence-corrected chi connectivity index (χ3v) is 2.69. The first-order valence-corrected chi connectivity index (χ1v) is 4.76. The molecule has 0 radical (unpaired) electrons. The Bertz CT molecular complexity index is 541. The molecule has 0 unspecified atom stereocenters. The van der Waals surface area contributed by atoms with Gasteiger partial charge in [0.25, 0.3) is 0 Å². The Morgan fingerprint density at radius 3 is 2.40 bits per heavy atom. The fourth-order valence-electron chi connectivity index (χ4n) is 1.48. The van der Waals surface area contributed by atoms with Gasteiger partial charge in [0, 0.05) is 16.5 Å². The van der Waals surface area contributed by atoms with Crippen molar-refractivity contribution in [2.45, 2.75) is 0 Å². The Balaban J connectivity index is 2.82. The number of benzene rings is 2. The van der Waals surface area contributed by atoms with E-state index >= 15 is 0 Å². The highest BCUT2D eigenvalue weighted by Crippen LogP contribution is 2.26. The summed E-state index contributed by atoms with van der Waals surface area (Å²) in [6.07, 6.45) is 1.46. The number of hydrogen-bond donors (Lipinski definition) is 0. The van der Waals surface area contributed by atoms with Gasteiger partial charge in [-0.25, -0.2) is 0 Å². The highest BCUT2D eigenvalue weighted by molar-refractivity contribution is 6.38. The molecule has 2 aromatic carbocycles. The average Bonchev–Trinajstić information content (AvgIpc) is 2.29. The standard InChI is InChI=1S/C12H7ClO2/c13-12-10(7-15)4-3-9-2-1-8(6-14)5-11(9)12/h1-7H. The van der Waals surface area contributed by atoms with Gasteiger partial charge in [-0.15, -0.1) is 0 Å². The van der Waals surface area contributed by atoms with Crippen molar-refractivity contribution < 1.29 is 9.59 Å². The second-order valence-electron chi connectivity index (χ2n) is 3.19. The number of fused-ring (bicyclic) bond motifs is 1. The normalized spacial score (nSPS) is 10.2. The summed E-state index contributed by atoms with van der Waals surface area (Å²) < 4.78 is 0. The summed E-state index contributed by atoms with van der Waals surface area (Å²) in [6.45, 7) is 0. The molecular formula is C12H7ClO2. The van der Waals surface area contributed by atoms with Crippen LogP contribution in [0.2, 0.25) is 5.02 Å². The molecule has 3 heteroatoms. The van der Waals surface area contributed by atoms with Gasteiger partial charge in [0.15, 0.2) is 6.29 Å². The van der Waals surface area contributed by atoms with E-state index in [1.807, 2.05) is 0 Å². The van der Waals surface area contributed by atoms with Crippen LogP contribution >= 0.6 is 11.6 Å². The van der Waals surface area contributed by atoms with E-state index < -0.39 is 0 Å². The van der Waals surface area contributed by atoms with Gasteiger partial charge in [-0.05, 0) is 17.5 Å². The zero-order valence-electron chi connectivity index (χ0n) is 7.74. The fourth-order valence-corrected chi connectivity index (χ4v) is 1.75. The van der Waals surface area contributed by atoms with E-state index in [0.29, 0.717) is 22.4 Å². The predicted octanol–water partition coefficient (Wildman–Crippen LogP) is 3.12. The maximum Gasteiger partial charge on any atom is 0.151 e. The second kappa shape index (κ2) is 3.83. The Hall–Kier alpha value is -1.67. The molecule has 2 aromatic rings. The van der Waals surface area contributed by atoms with Crippen molar-refractivity contribution in [3.05, 3.63) is 46.5 Å². The fraction of sp³-hybridized carbons (Fsp3) is 0. The summed E-state index contributed by atoms with van der Waals surface area (Å²) in [6, 6.07) is 8.67. The largest absolute Gasteiger partial charge is 0.298 e. The van der Waals surface area contributed by atoms with E-state index in [4.69, 9.17) is 11.6 Å². The molecule has 0 aromatic heterocycles. The highest BCUT2D eigenvalue weighted by atomic mass is 35.5. The molecule has 0 saturated carbocycles. The Morgan fingerprint density at radius 2 is 1.73 bits per heavy atom. The summed E-state index contributed by atoms with van der Waals surface area (Å²) >= 11 is 6.02. The first-order valence-electron chi connectivity index (χ1n) is 4.39. The third-order valence-electron chi connectivity index (χ3n) is 2.27. The molecule has 0 saturated heterocycles. The van der Waals surface area contributed by atoms with Gasteiger partial charge in [-0.3, -0.25) is 9.59 Å². The first-order chi connectivity index (χ1) is 7.26. The van der Waals surface area contributed by atoms with E-state index in [2.05, 4.69) is 0 Å². The molecule has 0 bridgehead atoms. The van der Waals surface area contributed by atoms with Gasteiger partial charge in [-0.2, -0.15) is 0 Å². The minimum Gasteiger partial charge on any atom is -0.298 e.